The van der Waals surface area contributed by atoms with E-state index < -0.39 is 0 Å². The van der Waals surface area contributed by atoms with E-state index in [1.54, 1.807) is 0 Å². The van der Waals surface area contributed by atoms with E-state index in [4.69, 9.17) is 4.42 Å². The smallest absolute Gasteiger partial charge is 0.112 e. The number of hydrogen-bond acceptors (Lipinski definition) is 1. The number of aryl methyl sites for hydroxylation is 1. The highest BCUT2D eigenvalue weighted by Crippen LogP contribution is 2.33. The highest BCUT2D eigenvalue weighted by Gasteiger charge is 2.25. The van der Waals surface area contributed by atoms with Gasteiger partial charge in [0.1, 0.15) is 11.5 Å². The van der Waals surface area contributed by atoms with E-state index in [1.165, 1.54) is 5.56 Å². The molecule has 14 heavy (non-hydrogen) atoms. The van der Waals surface area contributed by atoms with Gasteiger partial charge in [0.2, 0.25) is 0 Å². The molecule has 1 aromatic heterocycles. The molecule has 0 spiro atoms. The first-order valence-corrected chi connectivity index (χ1v) is 5.24. The van der Waals surface area contributed by atoms with Crippen molar-refractivity contribution in [2.45, 2.75) is 59.3 Å². The van der Waals surface area contributed by atoms with Crippen LogP contribution in [0.4, 0.5) is 0 Å². The zero-order valence-electron chi connectivity index (χ0n) is 10.5. The maximum atomic E-state index is 5.94. The molecule has 1 rings (SSSR count). The zero-order valence-corrected chi connectivity index (χ0v) is 10.5. The Hall–Kier alpha value is -0.720. The first-order chi connectivity index (χ1) is 6.12. The normalized spacial score (nSPS) is 13.4. The first-order valence-electron chi connectivity index (χ1n) is 5.24. The van der Waals surface area contributed by atoms with E-state index in [1.807, 2.05) is 0 Å². The van der Waals surface area contributed by atoms with Gasteiger partial charge in [-0.3, -0.25) is 0 Å². The summed E-state index contributed by atoms with van der Waals surface area (Å²) in [6, 6.07) is 2.17. The fraction of sp³-hybridized carbons (Fsp3) is 0.692. The lowest BCUT2D eigenvalue weighted by Crippen LogP contribution is -2.12. The molecule has 1 heterocycles. The molecule has 0 atom stereocenters. The lowest BCUT2D eigenvalue weighted by molar-refractivity contribution is 0.342. The van der Waals surface area contributed by atoms with Gasteiger partial charge in [-0.05, 0) is 18.6 Å². The van der Waals surface area contributed by atoms with Crippen molar-refractivity contribution in [1.82, 2.24) is 0 Å². The van der Waals surface area contributed by atoms with E-state index in [0.717, 1.165) is 11.5 Å². The lowest BCUT2D eigenvalue weighted by Gasteiger charge is -2.18. The van der Waals surface area contributed by atoms with Crippen molar-refractivity contribution in [1.29, 1.82) is 0 Å². The minimum Gasteiger partial charge on any atom is -0.465 e. The van der Waals surface area contributed by atoms with E-state index in [0.29, 0.717) is 0 Å². The van der Waals surface area contributed by atoms with E-state index >= 15 is 0 Å². The molecule has 0 aromatic carbocycles. The van der Waals surface area contributed by atoms with Crippen LogP contribution in [0.3, 0.4) is 0 Å². The van der Waals surface area contributed by atoms with Crippen LogP contribution in [0.5, 0.6) is 0 Å². The van der Waals surface area contributed by atoms with Gasteiger partial charge in [-0.1, -0.05) is 41.5 Å². The summed E-state index contributed by atoms with van der Waals surface area (Å²) in [7, 11) is 0. The average Bonchev–Trinajstić information content (AvgIpc) is 2.27. The molecule has 0 unspecified atom stereocenters. The van der Waals surface area contributed by atoms with Gasteiger partial charge < -0.3 is 4.42 Å². The van der Waals surface area contributed by atoms with Gasteiger partial charge in [0.15, 0.2) is 0 Å². The molecule has 0 aliphatic rings. The Labute approximate surface area is 87.5 Å². The Morgan fingerprint density at radius 3 is 1.64 bits per heavy atom. The second-order valence-electron chi connectivity index (χ2n) is 6.12. The van der Waals surface area contributed by atoms with Crippen molar-refractivity contribution in [2.24, 2.45) is 0 Å². The summed E-state index contributed by atoms with van der Waals surface area (Å²) in [4.78, 5) is 0. The molecule has 1 aromatic rings. The van der Waals surface area contributed by atoms with Crippen LogP contribution in [0.1, 0.15) is 58.6 Å². The molecule has 0 saturated carbocycles. The molecule has 0 aliphatic carbocycles. The Morgan fingerprint density at radius 2 is 1.43 bits per heavy atom. The van der Waals surface area contributed by atoms with E-state index in [-0.39, 0.29) is 10.8 Å². The molecule has 0 amide bonds. The van der Waals surface area contributed by atoms with Crippen LogP contribution in [-0.2, 0) is 10.8 Å². The minimum absolute atomic E-state index is 0.105. The molecule has 80 valence electrons. The summed E-state index contributed by atoms with van der Waals surface area (Å²) in [5.41, 5.74) is 1.48. The van der Waals surface area contributed by atoms with Crippen LogP contribution >= 0.6 is 0 Å². The Kier molecular flexibility index (Phi) is 2.55. The fourth-order valence-electron chi connectivity index (χ4n) is 1.60. The van der Waals surface area contributed by atoms with Crippen molar-refractivity contribution in [3.8, 4) is 0 Å². The van der Waals surface area contributed by atoms with Gasteiger partial charge in [-0.25, -0.2) is 0 Å². The second kappa shape index (κ2) is 3.15. The van der Waals surface area contributed by atoms with Gasteiger partial charge in [0, 0.05) is 10.8 Å². The third-order valence-corrected chi connectivity index (χ3v) is 2.34. The summed E-state index contributed by atoms with van der Waals surface area (Å²) in [5.74, 6) is 2.20. The molecular weight excluding hydrogens is 172 g/mol. The molecule has 0 saturated heterocycles. The lowest BCUT2D eigenvalue weighted by atomic mass is 9.90. The third-order valence-electron chi connectivity index (χ3n) is 2.34. The highest BCUT2D eigenvalue weighted by atomic mass is 16.3. The summed E-state index contributed by atoms with van der Waals surface area (Å²) in [5, 5.41) is 0. The minimum atomic E-state index is 0.105. The van der Waals surface area contributed by atoms with Crippen LogP contribution in [-0.4, -0.2) is 0 Å². The highest BCUT2D eigenvalue weighted by molar-refractivity contribution is 5.28. The molecule has 1 nitrogen and oxygen atoms in total. The molecule has 0 N–H and O–H groups in total. The predicted molar refractivity (Wildman–Crippen MR) is 60.8 cm³/mol. The quantitative estimate of drug-likeness (QED) is 0.603. The summed E-state index contributed by atoms with van der Waals surface area (Å²) < 4.78 is 5.94. The molecule has 0 fully saturated rings. The van der Waals surface area contributed by atoms with Gasteiger partial charge >= 0.3 is 0 Å². The number of hydrogen-bond donors (Lipinski definition) is 0. The predicted octanol–water partition coefficient (Wildman–Crippen LogP) is 4.18. The molecule has 0 bridgehead atoms. The fourth-order valence-corrected chi connectivity index (χ4v) is 1.60. The van der Waals surface area contributed by atoms with Crippen LogP contribution < -0.4 is 0 Å². The molecule has 0 radical (unpaired) electrons. The zero-order chi connectivity index (χ0) is 11.1. The van der Waals surface area contributed by atoms with Gasteiger partial charge in [0.05, 0.1) is 0 Å². The van der Waals surface area contributed by atoms with Crippen LogP contribution in [0.15, 0.2) is 10.5 Å². The monoisotopic (exact) mass is 194 g/mol. The van der Waals surface area contributed by atoms with Crippen LogP contribution in [0.2, 0.25) is 0 Å². The van der Waals surface area contributed by atoms with Crippen molar-refractivity contribution >= 4 is 0 Å². The first kappa shape index (κ1) is 11.4. The third kappa shape index (κ3) is 2.20. The Morgan fingerprint density at radius 1 is 0.929 bits per heavy atom. The van der Waals surface area contributed by atoms with Crippen molar-refractivity contribution < 1.29 is 4.42 Å². The summed E-state index contributed by atoms with van der Waals surface area (Å²) >= 11 is 0. The van der Waals surface area contributed by atoms with Crippen molar-refractivity contribution in [3.63, 3.8) is 0 Å². The summed E-state index contributed by atoms with van der Waals surface area (Å²) in [6.07, 6.45) is 0. The SMILES string of the molecule is Cc1cc(C(C)(C)C)oc1C(C)(C)C. The van der Waals surface area contributed by atoms with Gasteiger partial charge in [-0.2, -0.15) is 0 Å². The van der Waals surface area contributed by atoms with E-state index in [9.17, 15) is 0 Å². The average molecular weight is 194 g/mol. The van der Waals surface area contributed by atoms with Crippen LogP contribution in [0, 0.1) is 6.92 Å². The van der Waals surface area contributed by atoms with E-state index in [2.05, 4.69) is 54.5 Å². The Bertz CT molecular complexity index is 318. The maximum absolute atomic E-state index is 5.94. The standard InChI is InChI=1S/C13H22O/c1-9-8-10(12(2,3)4)14-11(9)13(5,6)7/h8H,1-7H3. The van der Waals surface area contributed by atoms with Gasteiger partial charge in [0.25, 0.3) is 0 Å². The molecular formula is C13H22O. The van der Waals surface area contributed by atoms with Gasteiger partial charge in [-0.15, -0.1) is 0 Å². The van der Waals surface area contributed by atoms with Crippen LogP contribution in [0.25, 0.3) is 0 Å². The summed E-state index contributed by atoms with van der Waals surface area (Å²) in [6.45, 7) is 15.2. The second-order valence-corrected chi connectivity index (χ2v) is 6.12. The Balaban J connectivity index is 3.19. The van der Waals surface area contributed by atoms with Crippen molar-refractivity contribution in [2.75, 3.05) is 0 Å². The maximum Gasteiger partial charge on any atom is 0.112 e. The van der Waals surface area contributed by atoms with Crippen molar-refractivity contribution in [3.05, 3.63) is 23.2 Å². The number of rotatable bonds is 0. The number of furan rings is 1. The largest absolute Gasteiger partial charge is 0.465 e. The molecule has 0 aliphatic heterocycles. The topological polar surface area (TPSA) is 13.1 Å². The molecule has 1 heteroatoms.